The topological polar surface area (TPSA) is 158 Å². The van der Waals surface area contributed by atoms with E-state index in [1.165, 1.54) is 19.9 Å². The molecular weight excluding hydrogens is 428 g/mol. The summed E-state index contributed by atoms with van der Waals surface area (Å²) in [4.78, 5) is 25.1. The number of hydrogen-bond donors (Lipinski definition) is 4. The maximum atomic E-state index is 13.0. The van der Waals surface area contributed by atoms with E-state index in [0.717, 1.165) is 0 Å². The number of aliphatic hydroxyl groups excluding tert-OH is 1. The van der Waals surface area contributed by atoms with E-state index in [9.17, 15) is 34.7 Å². The third-order valence-corrected chi connectivity index (χ3v) is 8.38. The minimum absolute atomic E-state index is 0.000822. The second-order valence-electron chi connectivity index (χ2n) is 9.46. The Hall–Kier alpha value is -1.17. The average Bonchev–Trinajstić information content (AvgIpc) is 3.02. The van der Waals surface area contributed by atoms with Gasteiger partial charge in [0.1, 0.15) is 12.2 Å². The first kappa shape index (κ1) is 18.3. The molecule has 0 saturated heterocycles. The summed E-state index contributed by atoms with van der Waals surface area (Å²) in [6.07, 6.45) is -6.96. The highest BCUT2D eigenvalue weighted by molar-refractivity contribution is 7.80. The Balaban J connectivity index is 1.90. The van der Waals surface area contributed by atoms with Gasteiger partial charge in [-0.3, -0.25) is 14.1 Å². The van der Waals surface area contributed by atoms with E-state index in [0.29, 0.717) is 0 Å². The fourth-order valence-electron chi connectivity index (χ4n) is 6.38. The summed E-state index contributed by atoms with van der Waals surface area (Å²) in [7, 11) is -5.05. The molecule has 0 radical (unpaired) electrons. The fourth-order valence-corrected chi connectivity index (χ4v) is 6.64. The summed E-state index contributed by atoms with van der Waals surface area (Å²) in [6, 6.07) is 0. The lowest BCUT2D eigenvalue weighted by atomic mass is 9.45. The third-order valence-electron chi connectivity index (χ3n) is 7.96. The van der Waals surface area contributed by atoms with Crippen LogP contribution in [-0.4, -0.2) is 64.2 Å². The van der Waals surface area contributed by atoms with Gasteiger partial charge in [-0.05, 0) is 66.9 Å². The normalized spacial score (nSPS) is 55.5. The van der Waals surface area contributed by atoms with Gasteiger partial charge in [0.2, 0.25) is 0 Å². The quantitative estimate of drug-likeness (QED) is 0.438. The van der Waals surface area contributed by atoms with Crippen molar-refractivity contribution < 1.29 is 47.5 Å². The molecule has 0 unspecified atom stereocenters. The molecule has 174 valence electrons. The zero-order chi connectivity index (χ0) is 26.6. The number of hydrogen-bond acceptors (Lipinski definition) is 8. The van der Waals surface area contributed by atoms with E-state index in [4.69, 9.17) is 8.67 Å². The number of Topliss-reactive ketones (excluding diaryl/α,β-unsaturated/α-hetero) is 1. The van der Waals surface area contributed by atoms with Crippen LogP contribution in [0.5, 0.6) is 0 Å². The molecule has 0 spiro atoms. The zero-order valence-corrected chi connectivity index (χ0v) is 18.1. The largest absolute Gasteiger partial charge is 0.397 e. The van der Waals surface area contributed by atoms with Crippen LogP contribution in [0.4, 0.5) is 0 Å². The lowest BCUT2D eigenvalue weighted by molar-refractivity contribution is -0.186. The van der Waals surface area contributed by atoms with Crippen LogP contribution in [0.25, 0.3) is 0 Å². The highest BCUT2D eigenvalue weighted by Crippen LogP contribution is 2.67. The molecule has 3 saturated carbocycles. The van der Waals surface area contributed by atoms with Gasteiger partial charge in [0.15, 0.2) is 11.6 Å². The lowest BCUT2D eigenvalue weighted by Crippen LogP contribution is -2.63. The van der Waals surface area contributed by atoms with E-state index < -0.39 is 75.5 Å². The molecule has 4 N–H and O–H groups in total. The molecule has 0 aromatic heterocycles. The van der Waals surface area contributed by atoms with E-state index in [1.807, 2.05) is 0 Å². The van der Waals surface area contributed by atoms with Crippen LogP contribution in [0.2, 0.25) is 0 Å². The molecule has 4 aliphatic rings. The Labute approximate surface area is 187 Å². The molecule has 0 amide bonds. The molecule has 9 nitrogen and oxygen atoms in total. The molecule has 3 fully saturated rings. The number of fused-ring (bicyclic) bond motifs is 5. The first-order chi connectivity index (χ1) is 15.7. The smallest absolute Gasteiger partial charge is 0.393 e. The van der Waals surface area contributed by atoms with Crippen molar-refractivity contribution in [3.05, 3.63) is 11.6 Å². The van der Waals surface area contributed by atoms with Crippen molar-refractivity contribution in [1.29, 1.82) is 0 Å². The molecule has 0 aliphatic heterocycles. The van der Waals surface area contributed by atoms with Crippen molar-refractivity contribution in [3.8, 4) is 0 Å². The molecule has 0 bridgehead atoms. The van der Waals surface area contributed by atoms with Crippen LogP contribution in [0.15, 0.2) is 11.6 Å². The number of carbonyl (C=O) groups excluding carboxylic acids is 2. The van der Waals surface area contributed by atoms with Crippen molar-refractivity contribution in [2.75, 3.05) is 6.61 Å². The molecule has 8 atom stereocenters. The van der Waals surface area contributed by atoms with Gasteiger partial charge >= 0.3 is 10.4 Å². The monoisotopic (exact) mass is 462 g/mol. The standard InChI is InChI=1S/C21H30O9S/c1-19-5-3-11(22)7-14(19)15(23)8-12-13-4-6-21(26,17(25)10-30-31(27,28)29)20(13,2)9-16(24)18(12)19/h7,12-13,15-16,18,23-24,26H,3-6,8-10H2,1-2H3,(H,27,28,29)/t12-,13-,15+,16-,18+,19-,20-,21-/m0/s1/i9D2,16D,18D. The average molecular weight is 463 g/mol. The SMILES string of the molecule is [2H]C1([2H])[C@]([2H])(O)[C@@]2([2H])[C@@H](C[C@@H](O)C3=CC(=O)CC[C@@]32C)[C@@H]2CC[C@](O)(C(=O)COS(=O)(=O)O)[C@]21C. The van der Waals surface area contributed by atoms with Gasteiger partial charge in [-0.1, -0.05) is 13.8 Å². The highest BCUT2D eigenvalue weighted by Gasteiger charge is 2.69. The van der Waals surface area contributed by atoms with E-state index >= 15 is 0 Å². The summed E-state index contributed by atoms with van der Waals surface area (Å²) < 4.78 is 71.2. The number of aliphatic hydroxyl groups is 3. The molecule has 4 aliphatic carbocycles. The molecule has 0 heterocycles. The van der Waals surface area contributed by atoms with Crippen LogP contribution >= 0.6 is 0 Å². The second kappa shape index (κ2) is 7.16. The van der Waals surface area contributed by atoms with Crippen molar-refractivity contribution in [2.45, 2.75) is 70.1 Å². The molecular formula is C21H30O9S. The van der Waals surface area contributed by atoms with Crippen molar-refractivity contribution >= 4 is 22.0 Å². The van der Waals surface area contributed by atoms with Gasteiger partial charge in [0.25, 0.3) is 0 Å². The van der Waals surface area contributed by atoms with Crippen molar-refractivity contribution in [2.24, 2.45) is 28.6 Å². The first-order valence-corrected chi connectivity index (χ1v) is 11.6. The molecule has 0 aromatic carbocycles. The maximum Gasteiger partial charge on any atom is 0.397 e. The number of rotatable bonds is 4. The Morgan fingerprint density at radius 1 is 1.35 bits per heavy atom. The van der Waals surface area contributed by atoms with Gasteiger partial charge in [-0.2, -0.15) is 8.42 Å². The Bertz CT molecular complexity index is 1120. The molecule has 10 heteroatoms. The van der Waals surface area contributed by atoms with E-state index in [2.05, 4.69) is 4.18 Å². The minimum Gasteiger partial charge on any atom is -0.393 e. The van der Waals surface area contributed by atoms with E-state index in [-0.39, 0.29) is 43.5 Å². The van der Waals surface area contributed by atoms with Crippen molar-refractivity contribution in [1.82, 2.24) is 0 Å². The minimum atomic E-state index is -5.05. The second-order valence-corrected chi connectivity index (χ2v) is 10.6. The first-order valence-electron chi connectivity index (χ1n) is 12.3. The van der Waals surface area contributed by atoms with Gasteiger partial charge in [-0.25, -0.2) is 4.18 Å². The van der Waals surface area contributed by atoms with Crippen LogP contribution in [0, 0.1) is 28.6 Å². The zero-order valence-electron chi connectivity index (χ0n) is 21.3. The third kappa shape index (κ3) is 3.34. The Morgan fingerprint density at radius 3 is 2.68 bits per heavy atom. The number of carbonyl (C=O) groups is 2. The van der Waals surface area contributed by atoms with Crippen molar-refractivity contribution in [3.63, 3.8) is 0 Å². The van der Waals surface area contributed by atoms with Gasteiger partial charge in [-0.15, -0.1) is 0 Å². The van der Waals surface area contributed by atoms with Gasteiger partial charge in [0, 0.05) is 15.9 Å². The maximum absolute atomic E-state index is 13.0. The Kier molecular flexibility index (Phi) is 4.22. The van der Waals surface area contributed by atoms with Gasteiger partial charge in [0.05, 0.1) is 13.6 Å². The summed E-state index contributed by atoms with van der Waals surface area (Å²) in [5.41, 5.74) is -6.08. The summed E-state index contributed by atoms with van der Waals surface area (Å²) >= 11 is 0. The molecule has 0 aromatic rings. The molecule has 31 heavy (non-hydrogen) atoms. The lowest BCUT2D eigenvalue weighted by Gasteiger charge is -2.61. The Morgan fingerprint density at radius 2 is 2.03 bits per heavy atom. The van der Waals surface area contributed by atoms with Crippen LogP contribution in [0.3, 0.4) is 0 Å². The van der Waals surface area contributed by atoms with Gasteiger partial charge < -0.3 is 15.3 Å². The summed E-state index contributed by atoms with van der Waals surface area (Å²) in [6.45, 7) is 1.41. The van der Waals surface area contributed by atoms with E-state index in [1.54, 1.807) is 0 Å². The summed E-state index contributed by atoms with van der Waals surface area (Å²) in [5.74, 6) is -5.85. The molecule has 4 rings (SSSR count). The van der Waals surface area contributed by atoms with Crippen LogP contribution < -0.4 is 0 Å². The van der Waals surface area contributed by atoms with Crippen LogP contribution in [0.1, 0.15) is 57.8 Å². The predicted molar refractivity (Wildman–Crippen MR) is 107 cm³/mol. The summed E-state index contributed by atoms with van der Waals surface area (Å²) in [5, 5.41) is 34.1. The predicted octanol–water partition coefficient (Wildman–Crippen LogP) is 0.579. The van der Waals surface area contributed by atoms with Crippen LogP contribution in [-0.2, 0) is 24.2 Å². The number of ketones is 2. The fraction of sp³-hybridized carbons (Fsp3) is 0.810. The highest BCUT2D eigenvalue weighted by atomic mass is 32.3.